The van der Waals surface area contributed by atoms with E-state index in [4.69, 9.17) is 0 Å². The molecule has 16 valence electrons. The molecule has 0 fully saturated rings. The van der Waals surface area contributed by atoms with Crippen molar-refractivity contribution in [2.45, 2.75) is 0 Å². The number of rotatable bonds is 0. The summed E-state index contributed by atoms with van der Waals surface area (Å²) in [5.41, 5.74) is 0. The molecule has 0 unspecified atom stereocenters. The monoisotopic (exact) mass is 172 g/mol. The maximum Gasteiger partial charge on any atom is 0.316 e. The molecule has 4 radical (unpaired) electrons. The molecule has 0 saturated carbocycles. The van der Waals surface area contributed by atoms with Gasteiger partial charge in [-0.25, -0.2) is 0 Å². The summed E-state index contributed by atoms with van der Waals surface area (Å²) >= 11 is 0. The van der Waals surface area contributed by atoms with E-state index in [1.54, 1.807) is 0 Å². The molecule has 0 aliphatic carbocycles. The summed E-state index contributed by atoms with van der Waals surface area (Å²) in [5.74, 6) is 0. The van der Waals surface area contributed by atoms with Crippen LogP contribution in [-0.4, -0.2) is 40.4 Å². The molecule has 0 aromatic heterocycles. The topological polar surface area (TPSA) is 0 Å². The van der Waals surface area contributed by atoms with E-state index in [2.05, 4.69) is 0 Å². The van der Waals surface area contributed by atoms with Crippen LogP contribution in [0.1, 0.15) is 0 Å². The molecule has 0 aliphatic rings. The minimum atomic E-state index is 0. The first-order chi connectivity index (χ1) is 0. The molecule has 0 aromatic carbocycles. The van der Waals surface area contributed by atoms with Crippen molar-refractivity contribution >= 4 is 40.4 Å². The molecule has 0 aromatic rings. The van der Waals surface area contributed by atoms with Crippen molar-refractivity contribution in [1.82, 2.24) is 0 Å². The summed E-state index contributed by atoms with van der Waals surface area (Å²) in [6.07, 6.45) is 0. The van der Waals surface area contributed by atoms with Gasteiger partial charge in [-0.15, -0.1) is 0 Å². The molecule has 4 heavy (non-hydrogen) atoms. The maximum atomic E-state index is 0. The second kappa shape index (κ2) is 18.0. The van der Waals surface area contributed by atoms with Crippen LogP contribution in [0.2, 0.25) is 0 Å². The third-order valence-corrected chi connectivity index (χ3v) is 0. The zero-order chi connectivity index (χ0) is 0. The molecule has 0 spiro atoms. The fraction of sp³-hybridized carbons (Fsp3) is 0. The molecule has 0 atom stereocenters. The van der Waals surface area contributed by atoms with Gasteiger partial charge in [0.1, 0.15) is 0 Å². The Morgan fingerprint density at radius 2 is 1.00 bits per heavy atom. The fourth-order valence-corrected chi connectivity index (χ4v) is 0. The van der Waals surface area contributed by atoms with Crippen LogP contribution in [-0.2, 0) is 36.5 Å². The number of hydrogen-bond donors (Lipinski definition) is 0. The van der Waals surface area contributed by atoms with Crippen molar-refractivity contribution in [1.29, 1.82) is 0 Å². The van der Waals surface area contributed by atoms with Crippen LogP contribution >= 0.6 is 0 Å². The van der Waals surface area contributed by atoms with Crippen molar-refractivity contribution in [3.8, 4) is 0 Å². The second-order valence-corrected chi connectivity index (χ2v) is 0. The van der Waals surface area contributed by atoms with Gasteiger partial charge in [-0.3, -0.25) is 0 Å². The standard InChI is InChI=1S/Al.Mg.Mn.Zn.2H. The Hall–Kier alpha value is 2.44. The Morgan fingerprint density at radius 1 is 1.00 bits per heavy atom. The van der Waals surface area contributed by atoms with Crippen LogP contribution in [0.4, 0.5) is 0 Å². The summed E-state index contributed by atoms with van der Waals surface area (Å²) < 4.78 is 0. The van der Waals surface area contributed by atoms with Gasteiger partial charge in [0.25, 0.3) is 0 Å². The van der Waals surface area contributed by atoms with Gasteiger partial charge in [-0.1, -0.05) is 0 Å². The van der Waals surface area contributed by atoms with Crippen molar-refractivity contribution in [2.75, 3.05) is 0 Å². The Labute approximate surface area is 76.0 Å². The van der Waals surface area contributed by atoms with Crippen LogP contribution in [0.3, 0.4) is 0 Å². The van der Waals surface area contributed by atoms with Gasteiger partial charge >= 0.3 is 23.1 Å². The first-order valence-corrected chi connectivity index (χ1v) is 0. The third-order valence-electron chi connectivity index (χ3n) is 0. The Morgan fingerprint density at radius 3 is 1.00 bits per heavy atom. The first-order valence-electron chi connectivity index (χ1n) is 0. The fourth-order valence-electron chi connectivity index (χ4n) is 0. The van der Waals surface area contributed by atoms with Crippen molar-refractivity contribution < 1.29 is 36.5 Å². The molecule has 0 amide bonds. The molecule has 4 heteroatoms. The predicted molar refractivity (Wildman–Crippen MR) is 14.3 cm³/mol. The SMILES string of the molecule is [Al].[MgH2].[Mn].[Zn]. The second-order valence-electron chi connectivity index (χ2n) is 0. The van der Waals surface area contributed by atoms with Gasteiger partial charge in [0.2, 0.25) is 0 Å². The maximum absolute atomic E-state index is 0. The van der Waals surface area contributed by atoms with Crippen molar-refractivity contribution in [2.24, 2.45) is 0 Å². The molecule has 0 saturated heterocycles. The summed E-state index contributed by atoms with van der Waals surface area (Å²) in [6, 6.07) is 0. The quantitative estimate of drug-likeness (QED) is 0.400. The van der Waals surface area contributed by atoms with Crippen molar-refractivity contribution in [3.05, 3.63) is 0 Å². The summed E-state index contributed by atoms with van der Waals surface area (Å²) in [4.78, 5) is 0. The summed E-state index contributed by atoms with van der Waals surface area (Å²) in [7, 11) is 0. The minimum Gasteiger partial charge on any atom is 0 e. The zero-order valence-corrected chi connectivity index (χ0v) is 6.96. The van der Waals surface area contributed by atoms with E-state index in [1.807, 2.05) is 0 Å². The molecule has 0 rings (SSSR count). The average molecular weight is 174 g/mol. The van der Waals surface area contributed by atoms with E-state index in [9.17, 15) is 0 Å². The smallest absolute Gasteiger partial charge is 0 e. The zero-order valence-electron chi connectivity index (χ0n) is 1.66. The van der Waals surface area contributed by atoms with Crippen LogP contribution < -0.4 is 0 Å². The van der Waals surface area contributed by atoms with Gasteiger partial charge in [0.15, 0.2) is 0 Å². The normalized spacial score (nSPS) is 0. The summed E-state index contributed by atoms with van der Waals surface area (Å²) in [5, 5.41) is 0. The third kappa shape index (κ3) is 8.82. The largest absolute Gasteiger partial charge is 0.316 e. The van der Waals surface area contributed by atoms with Crippen LogP contribution in [0.25, 0.3) is 0 Å². The number of hydrogen-bond acceptors (Lipinski definition) is 0. The summed E-state index contributed by atoms with van der Waals surface area (Å²) in [6.45, 7) is 0. The van der Waals surface area contributed by atoms with E-state index < -0.39 is 0 Å². The molecule has 0 heterocycles. The van der Waals surface area contributed by atoms with Gasteiger partial charge in [-0.2, -0.15) is 0 Å². The predicted octanol–water partition coefficient (Wildman–Crippen LogP) is -1.30. The Balaban J connectivity index is 0. The molecule has 0 aliphatic heterocycles. The van der Waals surface area contributed by atoms with Crippen LogP contribution in [0.15, 0.2) is 0 Å². The van der Waals surface area contributed by atoms with E-state index >= 15 is 0 Å². The van der Waals surface area contributed by atoms with E-state index in [0.717, 1.165) is 0 Å². The molecular formula is H2AlMgMnZn. The first kappa shape index (κ1) is 32.0. The Kier molecular flexibility index (Phi) is 144. The van der Waals surface area contributed by atoms with Gasteiger partial charge in [-0.05, 0) is 0 Å². The minimum absolute atomic E-state index is 0. The molecule has 0 nitrogen and oxygen atoms in total. The van der Waals surface area contributed by atoms with E-state index in [1.165, 1.54) is 0 Å². The van der Waals surface area contributed by atoms with E-state index in [0.29, 0.717) is 0 Å². The molecular weight excluding hydrogens is 172 g/mol. The van der Waals surface area contributed by atoms with Gasteiger partial charge < -0.3 is 0 Å². The molecule has 0 bridgehead atoms. The van der Waals surface area contributed by atoms with Crippen molar-refractivity contribution in [3.63, 3.8) is 0 Å². The van der Waals surface area contributed by atoms with Crippen LogP contribution in [0.5, 0.6) is 0 Å². The van der Waals surface area contributed by atoms with E-state index in [-0.39, 0.29) is 77.0 Å². The van der Waals surface area contributed by atoms with Crippen LogP contribution in [0, 0.1) is 0 Å². The Bertz CT molecular complexity index is 8.00. The van der Waals surface area contributed by atoms with Gasteiger partial charge in [0, 0.05) is 53.9 Å². The van der Waals surface area contributed by atoms with Gasteiger partial charge in [0.05, 0.1) is 0 Å². The molecule has 0 N–H and O–H groups in total. The average Bonchev–Trinajstić information content (AvgIpc) is 0.